The van der Waals surface area contributed by atoms with Crippen LogP contribution in [0.25, 0.3) is 27.7 Å². The number of anilines is 1. The van der Waals surface area contributed by atoms with Gasteiger partial charge in [0.15, 0.2) is 5.82 Å². The Bertz CT molecular complexity index is 1490. The van der Waals surface area contributed by atoms with E-state index in [1.807, 2.05) is 13.8 Å². The molecule has 0 saturated carbocycles. The van der Waals surface area contributed by atoms with Gasteiger partial charge in [0.2, 0.25) is 0 Å². The summed E-state index contributed by atoms with van der Waals surface area (Å²) in [6.45, 7) is 7.83. The van der Waals surface area contributed by atoms with Crippen molar-refractivity contribution in [3.05, 3.63) is 47.4 Å². The summed E-state index contributed by atoms with van der Waals surface area (Å²) >= 11 is 0. The molecule has 1 N–H and O–H groups in total. The van der Waals surface area contributed by atoms with Crippen LogP contribution in [0.1, 0.15) is 31.1 Å². The van der Waals surface area contributed by atoms with Crippen molar-refractivity contribution in [2.45, 2.75) is 46.1 Å². The van der Waals surface area contributed by atoms with Crippen LogP contribution in [0.5, 0.6) is 5.75 Å². The predicted molar refractivity (Wildman–Crippen MR) is 125 cm³/mol. The van der Waals surface area contributed by atoms with Crippen LogP contribution in [0.3, 0.4) is 0 Å². The third kappa shape index (κ3) is 3.85. The topological polar surface area (TPSA) is 79.0 Å². The summed E-state index contributed by atoms with van der Waals surface area (Å²) in [5, 5.41) is 16.5. The van der Waals surface area contributed by atoms with Gasteiger partial charge in [-0.25, -0.2) is 4.39 Å². The van der Waals surface area contributed by atoms with Gasteiger partial charge in [-0.05, 0) is 51.0 Å². The minimum Gasteiger partial charge on any atom is -0.405 e. The zero-order chi connectivity index (χ0) is 26.0. The molecule has 0 fully saturated rings. The molecule has 12 heteroatoms. The fourth-order valence-electron chi connectivity index (χ4n) is 4.83. The Kier molecular flexibility index (Phi) is 5.47. The maximum atomic E-state index is 14.9. The molecule has 0 radical (unpaired) electrons. The lowest BCUT2D eigenvalue weighted by atomic mass is 9.91. The van der Waals surface area contributed by atoms with Gasteiger partial charge in [-0.2, -0.15) is 5.10 Å². The molecule has 0 unspecified atom stereocenters. The van der Waals surface area contributed by atoms with Crippen LogP contribution < -0.4 is 10.1 Å². The molecule has 2 aromatic carbocycles. The van der Waals surface area contributed by atoms with Crippen LogP contribution in [0.4, 0.5) is 23.2 Å². The second-order valence-electron chi connectivity index (χ2n) is 9.22. The zero-order valence-corrected chi connectivity index (χ0v) is 20.3. The molecule has 4 aromatic rings. The minimum atomic E-state index is -4.97. The lowest BCUT2D eigenvalue weighted by molar-refractivity contribution is -0.274. The van der Waals surface area contributed by atoms with E-state index >= 15 is 0 Å². The Morgan fingerprint density at radius 3 is 2.56 bits per heavy atom. The van der Waals surface area contributed by atoms with Gasteiger partial charge >= 0.3 is 6.36 Å². The number of ether oxygens (including phenoxy) is 2. The van der Waals surface area contributed by atoms with Gasteiger partial charge in [0.05, 0.1) is 41.8 Å². The zero-order valence-electron chi connectivity index (χ0n) is 20.3. The third-order valence-electron chi connectivity index (χ3n) is 6.29. The fraction of sp³-hybridized carbons (Fsp3) is 0.375. The number of hydrogen-bond acceptors (Lipinski definition) is 6. The molecule has 2 aromatic heterocycles. The van der Waals surface area contributed by atoms with Crippen LogP contribution in [0, 0.1) is 19.7 Å². The van der Waals surface area contributed by atoms with Crippen LogP contribution in [0.15, 0.2) is 24.4 Å². The van der Waals surface area contributed by atoms with Gasteiger partial charge in [0.25, 0.3) is 0 Å². The molecule has 0 aliphatic carbocycles. The first kappa shape index (κ1) is 24.0. The van der Waals surface area contributed by atoms with E-state index in [9.17, 15) is 17.6 Å². The molecule has 0 saturated heterocycles. The van der Waals surface area contributed by atoms with Gasteiger partial charge < -0.3 is 14.8 Å². The second kappa shape index (κ2) is 8.19. The van der Waals surface area contributed by atoms with Crippen molar-refractivity contribution < 1.29 is 27.0 Å². The number of halogens is 4. The number of alkyl halides is 3. The van der Waals surface area contributed by atoms with Crippen molar-refractivity contribution in [3.63, 3.8) is 0 Å². The van der Waals surface area contributed by atoms with Gasteiger partial charge in [0.1, 0.15) is 17.4 Å². The number of nitrogens with zero attached hydrogens (tertiary/aromatic N) is 5. The van der Waals surface area contributed by atoms with E-state index in [0.717, 1.165) is 0 Å². The number of aromatic nitrogens is 5. The number of methoxy groups -OCH3 is 1. The Hall–Kier alpha value is -3.67. The fourth-order valence-corrected chi connectivity index (χ4v) is 4.83. The van der Waals surface area contributed by atoms with Crippen LogP contribution >= 0.6 is 0 Å². The third-order valence-corrected chi connectivity index (χ3v) is 6.29. The average molecular weight is 504 g/mol. The number of benzene rings is 2. The number of rotatable bonds is 5. The summed E-state index contributed by atoms with van der Waals surface area (Å²) in [6, 6.07) is 3.79. The molecule has 1 aliphatic rings. The second-order valence-corrected chi connectivity index (χ2v) is 9.22. The van der Waals surface area contributed by atoms with E-state index in [1.165, 1.54) is 31.5 Å². The molecule has 0 amide bonds. The quantitative estimate of drug-likeness (QED) is 0.374. The van der Waals surface area contributed by atoms with Gasteiger partial charge in [-0.3, -0.25) is 9.25 Å². The lowest BCUT2D eigenvalue weighted by Gasteiger charge is -2.35. The van der Waals surface area contributed by atoms with Crippen LogP contribution in [0.2, 0.25) is 0 Å². The first-order chi connectivity index (χ1) is 16.9. The van der Waals surface area contributed by atoms with E-state index in [-0.39, 0.29) is 11.1 Å². The molecule has 0 spiro atoms. The molecule has 0 atom stereocenters. The summed E-state index contributed by atoms with van der Waals surface area (Å²) in [5.74, 6) is 0.0962. The van der Waals surface area contributed by atoms with Crippen LogP contribution in [-0.2, 0) is 16.8 Å². The average Bonchev–Trinajstić information content (AvgIpc) is 3.35. The number of hydrogen-bond donors (Lipinski definition) is 1. The van der Waals surface area contributed by atoms with E-state index in [4.69, 9.17) is 4.74 Å². The van der Waals surface area contributed by atoms with Crippen molar-refractivity contribution in [1.29, 1.82) is 0 Å². The maximum Gasteiger partial charge on any atom is 0.573 e. The highest BCUT2D eigenvalue weighted by molar-refractivity contribution is 5.99. The van der Waals surface area contributed by atoms with Gasteiger partial charge in [0, 0.05) is 24.1 Å². The van der Waals surface area contributed by atoms with Crippen molar-refractivity contribution in [1.82, 2.24) is 24.5 Å². The number of aryl methyl sites for hydroxylation is 1. The molecule has 5 rings (SSSR count). The molecular weight excluding hydrogens is 480 g/mol. The molecule has 0 bridgehead atoms. The summed E-state index contributed by atoms with van der Waals surface area (Å²) < 4.78 is 68.6. The predicted octanol–water partition coefficient (Wildman–Crippen LogP) is 5.25. The summed E-state index contributed by atoms with van der Waals surface area (Å²) in [4.78, 5) is 0. The largest absolute Gasteiger partial charge is 0.573 e. The van der Waals surface area contributed by atoms with E-state index in [2.05, 4.69) is 25.3 Å². The van der Waals surface area contributed by atoms with Crippen molar-refractivity contribution >= 4 is 16.6 Å². The Labute approximate surface area is 203 Å². The first-order valence-corrected chi connectivity index (χ1v) is 11.2. The number of fused-ring (bicyclic) bond motifs is 4. The Morgan fingerprint density at radius 1 is 1.11 bits per heavy atom. The van der Waals surface area contributed by atoms with Crippen molar-refractivity contribution in [2.75, 3.05) is 19.0 Å². The van der Waals surface area contributed by atoms with Crippen molar-refractivity contribution in [2.24, 2.45) is 0 Å². The normalized spacial score (nSPS) is 14.5. The van der Waals surface area contributed by atoms with Crippen LogP contribution in [-0.4, -0.2) is 44.6 Å². The molecule has 36 heavy (non-hydrogen) atoms. The standard InChI is InChI=1S/C24H24F4N6O2/c1-12-20(15-8-14(25)9-18-16(15)11-29-33(18)6-7-35-5)19(36-24(26,27)28)10-17-21(12)34-13(2)31-32-22(34)23(3,4)30-17/h8-11,30H,6-7H2,1-5H3. The van der Waals surface area contributed by atoms with E-state index < -0.39 is 23.5 Å². The van der Waals surface area contributed by atoms with E-state index in [1.54, 1.807) is 23.1 Å². The monoisotopic (exact) mass is 504 g/mol. The summed E-state index contributed by atoms with van der Waals surface area (Å²) in [7, 11) is 1.53. The number of nitrogens with one attached hydrogen (secondary N) is 1. The molecule has 1 aliphatic heterocycles. The maximum absolute atomic E-state index is 14.9. The summed E-state index contributed by atoms with van der Waals surface area (Å²) in [6.07, 6.45) is -3.46. The Balaban J connectivity index is 1.84. The van der Waals surface area contributed by atoms with Gasteiger partial charge in [-0.15, -0.1) is 23.4 Å². The smallest absolute Gasteiger partial charge is 0.405 e. The van der Waals surface area contributed by atoms with E-state index in [0.29, 0.717) is 52.6 Å². The highest BCUT2D eigenvalue weighted by Gasteiger charge is 2.39. The molecule has 8 nitrogen and oxygen atoms in total. The summed E-state index contributed by atoms with van der Waals surface area (Å²) in [5.41, 5.74) is 1.47. The lowest BCUT2D eigenvalue weighted by Crippen LogP contribution is -2.36. The molecule has 3 heterocycles. The highest BCUT2D eigenvalue weighted by atomic mass is 19.4. The SMILES string of the molecule is COCCn1ncc2c(-c3c(OC(F)(F)F)cc4c(c3C)-n3c(C)nnc3C(C)(C)N4)cc(F)cc21. The first-order valence-electron chi connectivity index (χ1n) is 11.2. The minimum absolute atomic E-state index is 0.0995. The van der Waals surface area contributed by atoms with Gasteiger partial charge in [-0.1, -0.05) is 0 Å². The molecule has 190 valence electrons. The van der Waals surface area contributed by atoms with Crippen molar-refractivity contribution in [3.8, 4) is 22.6 Å². The Morgan fingerprint density at radius 2 is 1.86 bits per heavy atom. The molecular formula is C24H24F4N6O2. The highest BCUT2D eigenvalue weighted by Crippen LogP contribution is 2.48.